The topological polar surface area (TPSA) is 92.6 Å². The number of halogens is 1. The van der Waals surface area contributed by atoms with E-state index in [2.05, 4.69) is 9.97 Å². The minimum Gasteiger partial charge on any atom is -0.507 e. The van der Waals surface area contributed by atoms with Crippen LogP contribution in [0.3, 0.4) is 0 Å². The van der Waals surface area contributed by atoms with Crippen molar-refractivity contribution in [2.45, 2.75) is 46.1 Å². The summed E-state index contributed by atoms with van der Waals surface area (Å²) in [6.45, 7) is 10.4. The summed E-state index contributed by atoms with van der Waals surface area (Å²) < 4.78 is 6.65. The summed E-state index contributed by atoms with van der Waals surface area (Å²) in [6.07, 6.45) is 3.20. The molecule has 0 bridgehead atoms. The van der Waals surface area contributed by atoms with Gasteiger partial charge in [-0.2, -0.15) is 0 Å². The van der Waals surface area contributed by atoms with Crippen LogP contribution in [0.2, 0.25) is 5.02 Å². The molecule has 5 rings (SSSR count). The number of carbonyl (C=O) groups is 2. The molecule has 200 valence electrons. The van der Waals surface area contributed by atoms with Gasteiger partial charge in [0.25, 0.3) is 5.78 Å². The number of aromatic nitrogens is 2. The van der Waals surface area contributed by atoms with Crippen molar-refractivity contribution in [3.05, 3.63) is 87.7 Å². The number of pyridine rings is 1. The van der Waals surface area contributed by atoms with Crippen LogP contribution in [-0.2, 0) is 15.0 Å². The second-order valence-corrected chi connectivity index (χ2v) is 11.8. The Morgan fingerprint density at radius 3 is 2.62 bits per heavy atom. The molecule has 1 amide bonds. The Hall–Kier alpha value is -3.75. The number of ketones is 1. The second kappa shape index (κ2) is 10.1. The molecule has 1 N–H and O–H groups in total. The molecule has 0 spiro atoms. The van der Waals surface area contributed by atoms with Crippen molar-refractivity contribution >= 4 is 55.7 Å². The fourth-order valence-electron chi connectivity index (χ4n) is 4.72. The molecular formula is C30H28ClN3O4S. The highest BCUT2D eigenvalue weighted by atomic mass is 35.5. The van der Waals surface area contributed by atoms with Crippen LogP contribution < -0.4 is 9.64 Å². The van der Waals surface area contributed by atoms with E-state index in [1.54, 1.807) is 42.7 Å². The zero-order chi connectivity index (χ0) is 28.1. The number of fused-ring (bicyclic) bond motifs is 1. The zero-order valence-corrected chi connectivity index (χ0v) is 23.9. The lowest BCUT2D eigenvalue weighted by Crippen LogP contribution is -2.29. The lowest BCUT2D eigenvalue weighted by Gasteiger charge is -2.24. The predicted molar refractivity (Wildman–Crippen MR) is 155 cm³/mol. The number of hydrogen-bond acceptors (Lipinski definition) is 7. The molecule has 1 saturated heterocycles. The second-order valence-electron chi connectivity index (χ2n) is 10.4. The highest BCUT2D eigenvalue weighted by Crippen LogP contribution is 2.45. The summed E-state index contributed by atoms with van der Waals surface area (Å²) in [5.74, 6) is -1.12. The Morgan fingerprint density at radius 2 is 1.95 bits per heavy atom. The molecule has 0 radical (unpaired) electrons. The number of rotatable bonds is 5. The first-order valence-corrected chi connectivity index (χ1v) is 13.8. The Labute approximate surface area is 235 Å². The van der Waals surface area contributed by atoms with Crippen molar-refractivity contribution in [3.8, 4) is 5.75 Å². The van der Waals surface area contributed by atoms with Crippen molar-refractivity contribution in [1.29, 1.82) is 0 Å². The van der Waals surface area contributed by atoms with Crippen LogP contribution in [0.15, 0.2) is 60.4 Å². The van der Waals surface area contributed by atoms with Gasteiger partial charge in [-0.25, -0.2) is 4.98 Å². The van der Waals surface area contributed by atoms with E-state index in [1.165, 1.54) is 16.2 Å². The summed E-state index contributed by atoms with van der Waals surface area (Å²) >= 11 is 7.60. The minimum absolute atomic E-state index is 0.0227. The molecule has 4 aromatic rings. The number of ether oxygens (including phenoxy) is 1. The molecule has 0 saturated carbocycles. The quantitative estimate of drug-likeness (QED) is 0.161. The molecule has 3 heterocycles. The number of aliphatic hydroxyl groups is 1. The third-order valence-corrected chi connectivity index (χ3v) is 8.09. The molecule has 1 fully saturated rings. The summed E-state index contributed by atoms with van der Waals surface area (Å²) in [6, 6.07) is 11.5. The number of amides is 1. The van der Waals surface area contributed by atoms with Crippen molar-refractivity contribution in [2.75, 3.05) is 11.5 Å². The fraction of sp³-hybridized carbons (Fsp3) is 0.267. The Kier molecular flexibility index (Phi) is 6.95. The van der Waals surface area contributed by atoms with Gasteiger partial charge in [0, 0.05) is 28.5 Å². The molecule has 9 heteroatoms. The summed E-state index contributed by atoms with van der Waals surface area (Å²) in [4.78, 5) is 37.3. The van der Waals surface area contributed by atoms with Crippen LogP contribution in [0.5, 0.6) is 5.75 Å². The van der Waals surface area contributed by atoms with Crippen LogP contribution in [-0.4, -0.2) is 33.4 Å². The number of hydrogen-bond donors (Lipinski definition) is 1. The molecule has 2 aromatic heterocycles. The van der Waals surface area contributed by atoms with Gasteiger partial charge in [-0.1, -0.05) is 49.8 Å². The Balaban J connectivity index is 1.71. The number of nitrogens with zero attached hydrogens (tertiary/aromatic N) is 3. The van der Waals surface area contributed by atoms with E-state index in [0.717, 1.165) is 15.8 Å². The molecule has 1 aliphatic rings. The lowest BCUT2D eigenvalue weighted by atomic mass is 9.84. The maximum absolute atomic E-state index is 13.6. The first-order chi connectivity index (χ1) is 18.5. The first kappa shape index (κ1) is 26.8. The van der Waals surface area contributed by atoms with Crippen LogP contribution in [0.1, 0.15) is 56.0 Å². The number of Topliss-reactive ketones (excluding diaryl/α,β-unsaturated/α-hetero) is 1. The maximum atomic E-state index is 13.6. The van der Waals surface area contributed by atoms with Gasteiger partial charge < -0.3 is 9.84 Å². The van der Waals surface area contributed by atoms with Gasteiger partial charge >= 0.3 is 5.91 Å². The fourth-order valence-corrected chi connectivity index (χ4v) is 5.95. The third-order valence-electron chi connectivity index (χ3n) is 6.67. The van der Waals surface area contributed by atoms with Crippen LogP contribution in [0, 0.1) is 6.92 Å². The minimum atomic E-state index is -0.916. The van der Waals surface area contributed by atoms with E-state index < -0.39 is 17.7 Å². The predicted octanol–water partition coefficient (Wildman–Crippen LogP) is 6.98. The smallest absolute Gasteiger partial charge is 0.301 e. The van der Waals surface area contributed by atoms with Gasteiger partial charge in [-0.3, -0.25) is 19.5 Å². The van der Waals surface area contributed by atoms with Gasteiger partial charge in [0.2, 0.25) is 0 Å². The van der Waals surface area contributed by atoms with Crippen LogP contribution in [0.4, 0.5) is 5.13 Å². The van der Waals surface area contributed by atoms with Gasteiger partial charge in [-0.05, 0) is 66.8 Å². The maximum Gasteiger partial charge on any atom is 0.301 e. The third kappa shape index (κ3) is 4.79. The highest BCUT2D eigenvalue weighted by molar-refractivity contribution is 7.22. The number of benzene rings is 2. The van der Waals surface area contributed by atoms with Crippen LogP contribution >= 0.6 is 22.9 Å². The van der Waals surface area contributed by atoms with E-state index in [1.807, 2.05) is 46.8 Å². The highest BCUT2D eigenvalue weighted by Gasteiger charge is 2.48. The summed E-state index contributed by atoms with van der Waals surface area (Å²) in [7, 11) is 0. The summed E-state index contributed by atoms with van der Waals surface area (Å²) in [5.41, 5.74) is 3.06. The van der Waals surface area contributed by atoms with Gasteiger partial charge in [0.05, 0.1) is 28.4 Å². The average Bonchev–Trinajstić information content (AvgIpc) is 3.41. The normalized spacial score (nSPS) is 17.3. The standard InChI is InChI=1S/C30H28ClN3O4S/c1-6-38-22-10-9-17(13-19(22)30(3,4)5)26(35)24-25(18-8-7-11-32-15-18)34(28(37)27(24)36)29-33-21-14-20(31)16(2)12-23(21)39-29/h7-15,25,35H,6H2,1-5H3/b26-24+. The molecular weight excluding hydrogens is 534 g/mol. The molecule has 7 nitrogen and oxygen atoms in total. The van der Waals surface area contributed by atoms with E-state index in [4.69, 9.17) is 16.3 Å². The van der Waals surface area contributed by atoms with E-state index in [-0.39, 0.29) is 16.7 Å². The zero-order valence-electron chi connectivity index (χ0n) is 22.3. The van der Waals surface area contributed by atoms with Crippen molar-refractivity contribution in [2.24, 2.45) is 0 Å². The SMILES string of the molecule is CCOc1ccc(/C(O)=C2\C(=O)C(=O)N(c3nc4cc(Cl)c(C)cc4s3)C2c2cccnc2)cc1C(C)(C)C. The number of carbonyl (C=O) groups excluding carboxylic acids is 2. The number of aryl methyl sites for hydroxylation is 1. The Morgan fingerprint density at radius 1 is 1.18 bits per heavy atom. The molecule has 1 unspecified atom stereocenters. The molecule has 1 aliphatic heterocycles. The van der Waals surface area contributed by atoms with E-state index in [9.17, 15) is 14.7 Å². The van der Waals surface area contributed by atoms with Gasteiger partial charge in [0.15, 0.2) is 5.13 Å². The molecule has 39 heavy (non-hydrogen) atoms. The monoisotopic (exact) mass is 561 g/mol. The van der Waals surface area contributed by atoms with Crippen LogP contribution in [0.25, 0.3) is 16.0 Å². The number of aliphatic hydroxyl groups excluding tert-OH is 1. The largest absolute Gasteiger partial charge is 0.507 e. The van der Waals surface area contributed by atoms with E-state index >= 15 is 0 Å². The molecule has 0 aliphatic carbocycles. The van der Waals surface area contributed by atoms with Crippen molar-refractivity contribution < 1.29 is 19.4 Å². The van der Waals surface area contributed by atoms with Gasteiger partial charge in [0.1, 0.15) is 11.5 Å². The number of anilines is 1. The summed E-state index contributed by atoms with van der Waals surface area (Å²) in [5, 5.41) is 12.5. The van der Waals surface area contributed by atoms with Crippen molar-refractivity contribution in [3.63, 3.8) is 0 Å². The Bertz CT molecular complexity index is 1600. The van der Waals surface area contributed by atoms with E-state index in [0.29, 0.717) is 39.2 Å². The first-order valence-electron chi connectivity index (χ1n) is 12.6. The number of thiazole rings is 1. The molecule has 2 aromatic carbocycles. The lowest BCUT2D eigenvalue weighted by molar-refractivity contribution is -0.132. The van der Waals surface area contributed by atoms with Gasteiger partial charge in [-0.15, -0.1) is 0 Å². The average molecular weight is 562 g/mol. The molecule has 1 atom stereocenters. The van der Waals surface area contributed by atoms with Crippen molar-refractivity contribution in [1.82, 2.24) is 9.97 Å².